The van der Waals surface area contributed by atoms with Gasteiger partial charge in [-0.3, -0.25) is 4.79 Å². The van der Waals surface area contributed by atoms with E-state index in [1.54, 1.807) is 0 Å². The number of hydrogen-bond acceptors (Lipinski definition) is 4. The van der Waals surface area contributed by atoms with Crippen molar-refractivity contribution >= 4 is 11.8 Å². The fraction of sp³-hybridized carbons (Fsp3) is 0.333. The maximum absolute atomic E-state index is 12.5. The van der Waals surface area contributed by atoms with Gasteiger partial charge in [0, 0.05) is 0 Å². The Morgan fingerprint density at radius 3 is 2.37 bits per heavy atom. The summed E-state index contributed by atoms with van der Waals surface area (Å²) in [5.74, 6) is -2.52. The van der Waals surface area contributed by atoms with Crippen LogP contribution in [0.5, 0.6) is 5.75 Å². The molecule has 0 aliphatic rings. The second-order valence-electron chi connectivity index (χ2n) is 3.46. The van der Waals surface area contributed by atoms with Gasteiger partial charge in [0.15, 0.2) is 0 Å². The van der Waals surface area contributed by atoms with Crippen LogP contribution in [0.25, 0.3) is 0 Å². The number of halogens is 3. The summed E-state index contributed by atoms with van der Waals surface area (Å²) in [5, 5.41) is 0. The first kappa shape index (κ1) is 15.0. The van der Waals surface area contributed by atoms with Crippen LogP contribution in [-0.2, 0) is 15.7 Å². The average Bonchev–Trinajstić information content (AvgIpc) is 2.36. The highest BCUT2D eigenvalue weighted by Crippen LogP contribution is 2.32. The van der Waals surface area contributed by atoms with E-state index in [4.69, 9.17) is 4.74 Å². The van der Waals surface area contributed by atoms with Gasteiger partial charge in [0.2, 0.25) is 0 Å². The monoisotopic (exact) mass is 276 g/mol. The van der Waals surface area contributed by atoms with Crippen LogP contribution in [-0.4, -0.2) is 25.5 Å². The molecule has 0 radical (unpaired) electrons. The highest BCUT2D eigenvalue weighted by atomic mass is 19.4. The van der Waals surface area contributed by atoms with E-state index in [0.717, 1.165) is 12.1 Å². The smallest absolute Gasteiger partial charge is 0.416 e. The molecule has 0 spiro atoms. The maximum atomic E-state index is 12.5. The van der Waals surface area contributed by atoms with Crippen molar-refractivity contribution < 1.29 is 32.2 Å². The normalized spacial score (nSPS) is 11.0. The molecule has 7 heteroatoms. The minimum Gasteiger partial charge on any atom is -0.496 e. The first-order chi connectivity index (χ1) is 8.81. The predicted molar refractivity (Wildman–Crippen MR) is 59.0 cm³/mol. The Kier molecular flexibility index (Phi) is 4.52. The third kappa shape index (κ3) is 3.46. The van der Waals surface area contributed by atoms with Gasteiger partial charge in [-0.2, -0.15) is 13.2 Å². The van der Waals surface area contributed by atoms with E-state index >= 15 is 0 Å². The molecule has 1 aromatic carbocycles. The van der Waals surface area contributed by atoms with Gasteiger partial charge in [-0.1, -0.05) is 0 Å². The van der Waals surface area contributed by atoms with Crippen LogP contribution >= 0.6 is 0 Å². The summed E-state index contributed by atoms with van der Waals surface area (Å²) in [6.45, 7) is 1.43. The van der Waals surface area contributed by atoms with Crippen molar-refractivity contribution in [1.29, 1.82) is 0 Å². The van der Waals surface area contributed by atoms with Crippen LogP contribution in [0, 0.1) is 0 Å². The van der Waals surface area contributed by atoms with E-state index < -0.39 is 29.1 Å². The fourth-order valence-electron chi connectivity index (χ4n) is 1.37. The molecule has 0 saturated heterocycles. The fourth-order valence-corrected chi connectivity index (χ4v) is 1.37. The second-order valence-corrected chi connectivity index (χ2v) is 3.46. The van der Waals surface area contributed by atoms with E-state index in [-0.39, 0.29) is 12.4 Å². The molecule has 4 nitrogen and oxygen atoms in total. The molecule has 1 rings (SSSR count). The lowest BCUT2D eigenvalue weighted by molar-refractivity contribution is -0.139. The van der Waals surface area contributed by atoms with Crippen LogP contribution in [0.15, 0.2) is 18.2 Å². The van der Waals surface area contributed by atoms with Gasteiger partial charge in [-0.15, -0.1) is 0 Å². The van der Waals surface area contributed by atoms with Gasteiger partial charge >= 0.3 is 12.1 Å². The molecule has 0 fully saturated rings. The molecule has 0 saturated carbocycles. The molecule has 0 aliphatic heterocycles. The minimum absolute atomic E-state index is 0.0498. The molecule has 0 amide bonds. The van der Waals surface area contributed by atoms with Crippen LogP contribution in [0.3, 0.4) is 0 Å². The topological polar surface area (TPSA) is 52.6 Å². The van der Waals surface area contributed by atoms with E-state index in [1.165, 1.54) is 14.0 Å². The summed E-state index contributed by atoms with van der Waals surface area (Å²) in [5.41, 5.74) is -1.52. The SMILES string of the molecule is CCOC(=O)C(=O)c1cc(C(F)(F)F)ccc1OC. The molecule has 104 valence electrons. The van der Waals surface area contributed by atoms with Crippen molar-refractivity contribution in [2.45, 2.75) is 13.1 Å². The molecule has 0 N–H and O–H groups in total. The number of Topliss-reactive ketones (excluding diaryl/α,β-unsaturated/α-hetero) is 1. The number of alkyl halides is 3. The molecular weight excluding hydrogens is 265 g/mol. The number of carbonyl (C=O) groups excluding carboxylic acids is 2. The molecule has 0 aromatic heterocycles. The second kappa shape index (κ2) is 5.73. The summed E-state index contributed by atoms with van der Waals surface area (Å²) in [6.07, 6.45) is -4.62. The molecule has 0 aliphatic carbocycles. The molecule has 1 aromatic rings. The van der Waals surface area contributed by atoms with Gasteiger partial charge in [-0.25, -0.2) is 4.79 Å². The average molecular weight is 276 g/mol. The van der Waals surface area contributed by atoms with Crippen LogP contribution in [0.1, 0.15) is 22.8 Å². The van der Waals surface area contributed by atoms with Crippen molar-refractivity contribution in [3.63, 3.8) is 0 Å². The summed E-state index contributed by atoms with van der Waals surface area (Å²) in [7, 11) is 1.19. The summed E-state index contributed by atoms with van der Waals surface area (Å²) < 4.78 is 46.9. The summed E-state index contributed by atoms with van der Waals surface area (Å²) in [4.78, 5) is 22.9. The standard InChI is InChI=1S/C12H11F3O4/c1-3-19-11(17)10(16)8-6-7(12(13,14)15)4-5-9(8)18-2/h4-6H,3H2,1-2H3. The van der Waals surface area contributed by atoms with E-state index in [2.05, 4.69) is 4.74 Å². The summed E-state index contributed by atoms with van der Waals surface area (Å²) >= 11 is 0. The van der Waals surface area contributed by atoms with Crippen LogP contribution < -0.4 is 4.74 Å². The number of carbonyl (C=O) groups is 2. The Labute approximate surface area is 107 Å². The Morgan fingerprint density at radius 1 is 1.26 bits per heavy atom. The quantitative estimate of drug-likeness (QED) is 0.481. The van der Waals surface area contributed by atoms with Crippen molar-refractivity contribution in [2.24, 2.45) is 0 Å². The highest BCUT2D eigenvalue weighted by molar-refractivity contribution is 6.41. The minimum atomic E-state index is -4.62. The number of methoxy groups -OCH3 is 1. The third-order valence-electron chi connectivity index (χ3n) is 2.23. The number of hydrogen-bond donors (Lipinski definition) is 0. The lowest BCUT2D eigenvalue weighted by Crippen LogP contribution is -2.19. The van der Waals surface area contributed by atoms with Gasteiger partial charge in [-0.05, 0) is 25.1 Å². The number of ether oxygens (including phenoxy) is 2. The Balaban J connectivity index is 3.23. The van der Waals surface area contributed by atoms with Gasteiger partial charge in [0.05, 0.1) is 24.8 Å². The maximum Gasteiger partial charge on any atom is 0.416 e. The molecule has 0 atom stereocenters. The van der Waals surface area contributed by atoms with Gasteiger partial charge in [0.1, 0.15) is 5.75 Å². The van der Waals surface area contributed by atoms with Crippen molar-refractivity contribution in [2.75, 3.05) is 13.7 Å². The number of esters is 1. The predicted octanol–water partition coefficient (Wildman–Crippen LogP) is 2.46. The van der Waals surface area contributed by atoms with Crippen LogP contribution in [0.2, 0.25) is 0 Å². The summed E-state index contributed by atoms with van der Waals surface area (Å²) in [6, 6.07) is 2.31. The molecule has 0 heterocycles. The number of rotatable bonds is 4. The van der Waals surface area contributed by atoms with Gasteiger partial charge < -0.3 is 9.47 Å². The first-order valence-electron chi connectivity index (χ1n) is 5.28. The highest BCUT2D eigenvalue weighted by Gasteiger charge is 2.33. The Bertz CT molecular complexity index is 494. The molecule has 0 unspecified atom stereocenters. The van der Waals surface area contributed by atoms with Crippen LogP contribution in [0.4, 0.5) is 13.2 Å². The van der Waals surface area contributed by atoms with E-state index in [9.17, 15) is 22.8 Å². The van der Waals surface area contributed by atoms with Crippen molar-refractivity contribution in [3.05, 3.63) is 29.3 Å². The third-order valence-corrected chi connectivity index (χ3v) is 2.23. The van der Waals surface area contributed by atoms with E-state index in [0.29, 0.717) is 6.07 Å². The molecule has 0 bridgehead atoms. The number of ketones is 1. The molecular formula is C12H11F3O4. The zero-order valence-corrected chi connectivity index (χ0v) is 10.2. The number of benzene rings is 1. The van der Waals surface area contributed by atoms with Crippen molar-refractivity contribution in [3.8, 4) is 5.75 Å². The zero-order valence-electron chi connectivity index (χ0n) is 10.2. The van der Waals surface area contributed by atoms with Crippen molar-refractivity contribution in [1.82, 2.24) is 0 Å². The largest absolute Gasteiger partial charge is 0.496 e. The lowest BCUT2D eigenvalue weighted by atomic mass is 10.1. The lowest BCUT2D eigenvalue weighted by Gasteiger charge is -2.11. The zero-order chi connectivity index (χ0) is 14.6. The van der Waals surface area contributed by atoms with E-state index in [1.807, 2.05) is 0 Å². The Morgan fingerprint density at radius 2 is 1.89 bits per heavy atom. The Hall–Kier alpha value is -2.05. The first-order valence-corrected chi connectivity index (χ1v) is 5.28. The van der Waals surface area contributed by atoms with Gasteiger partial charge in [0.25, 0.3) is 5.78 Å². The molecule has 19 heavy (non-hydrogen) atoms.